The molecule has 0 bridgehead atoms. The summed E-state index contributed by atoms with van der Waals surface area (Å²) in [6.45, 7) is 1.79. The first-order valence-corrected chi connectivity index (χ1v) is 7.73. The molecule has 1 aliphatic heterocycles. The number of ether oxygens (including phenoxy) is 1. The zero-order chi connectivity index (χ0) is 14.3. The molecule has 0 amide bonds. The summed E-state index contributed by atoms with van der Waals surface area (Å²) in [5.41, 5.74) is 2.52. The van der Waals surface area contributed by atoms with Gasteiger partial charge in [-0.05, 0) is 42.5 Å². The number of benzene rings is 1. The fourth-order valence-corrected chi connectivity index (χ4v) is 2.85. The van der Waals surface area contributed by atoms with E-state index in [0.717, 1.165) is 19.6 Å². The Morgan fingerprint density at radius 1 is 1.05 bits per heavy atom. The lowest BCUT2D eigenvalue weighted by Crippen LogP contribution is -2.34. The molecule has 0 spiro atoms. The second-order valence-electron chi connectivity index (χ2n) is 5.52. The van der Waals surface area contributed by atoms with Crippen molar-refractivity contribution in [2.24, 2.45) is 0 Å². The van der Waals surface area contributed by atoms with Gasteiger partial charge in [-0.25, -0.2) is 0 Å². The van der Waals surface area contributed by atoms with Crippen molar-refractivity contribution in [3.8, 4) is 0 Å². The van der Waals surface area contributed by atoms with Crippen molar-refractivity contribution in [3.05, 3.63) is 66.0 Å². The van der Waals surface area contributed by atoms with Crippen LogP contribution < -0.4 is 5.32 Å². The summed E-state index contributed by atoms with van der Waals surface area (Å²) in [4.78, 5) is 4.12. The summed E-state index contributed by atoms with van der Waals surface area (Å²) < 4.78 is 5.83. The van der Waals surface area contributed by atoms with Gasteiger partial charge in [-0.1, -0.05) is 30.3 Å². The smallest absolute Gasteiger partial charge is 0.0699 e. The number of rotatable bonds is 5. The summed E-state index contributed by atoms with van der Waals surface area (Å²) in [7, 11) is 0. The quantitative estimate of drug-likeness (QED) is 0.913. The molecule has 2 heterocycles. The van der Waals surface area contributed by atoms with E-state index in [2.05, 4.69) is 52.8 Å². The van der Waals surface area contributed by atoms with E-state index in [1.807, 2.05) is 12.4 Å². The second kappa shape index (κ2) is 7.34. The van der Waals surface area contributed by atoms with Crippen molar-refractivity contribution >= 4 is 0 Å². The Labute approximate surface area is 126 Å². The van der Waals surface area contributed by atoms with Crippen molar-refractivity contribution in [2.45, 2.75) is 31.4 Å². The first-order chi connectivity index (χ1) is 10.4. The molecule has 0 saturated carbocycles. The Morgan fingerprint density at radius 2 is 1.81 bits per heavy atom. The van der Waals surface area contributed by atoms with Crippen LogP contribution in [0.3, 0.4) is 0 Å². The third-order valence-corrected chi connectivity index (χ3v) is 4.00. The van der Waals surface area contributed by atoms with Crippen LogP contribution in [0.5, 0.6) is 0 Å². The third kappa shape index (κ3) is 3.90. The molecule has 1 aromatic carbocycles. The standard InChI is InChI=1S/C18H22N2O/c1-2-6-15(7-3-1)18(16-9-11-19-12-10-16)20-14-17-8-4-5-13-21-17/h1-3,6-7,9-12,17-18,20H,4-5,8,13-14H2/t17-,18-/m1/s1. The molecule has 1 N–H and O–H groups in total. The highest BCUT2D eigenvalue weighted by molar-refractivity contribution is 5.30. The molecule has 110 valence electrons. The minimum Gasteiger partial charge on any atom is -0.377 e. The first kappa shape index (κ1) is 14.2. The highest BCUT2D eigenvalue weighted by Gasteiger charge is 2.18. The van der Waals surface area contributed by atoms with E-state index in [1.54, 1.807) is 0 Å². The average molecular weight is 282 g/mol. The topological polar surface area (TPSA) is 34.1 Å². The van der Waals surface area contributed by atoms with Gasteiger partial charge in [-0.15, -0.1) is 0 Å². The van der Waals surface area contributed by atoms with E-state index in [1.165, 1.54) is 24.0 Å². The van der Waals surface area contributed by atoms with Crippen molar-refractivity contribution < 1.29 is 4.74 Å². The number of pyridine rings is 1. The monoisotopic (exact) mass is 282 g/mol. The molecule has 1 saturated heterocycles. The molecule has 1 aromatic heterocycles. The molecule has 3 rings (SSSR count). The summed E-state index contributed by atoms with van der Waals surface area (Å²) in [5, 5.41) is 3.67. The van der Waals surface area contributed by atoms with Crippen LogP contribution in [0, 0.1) is 0 Å². The zero-order valence-corrected chi connectivity index (χ0v) is 12.2. The van der Waals surface area contributed by atoms with Crippen LogP contribution in [0.2, 0.25) is 0 Å². The SMILES string of the molecule is c1ccc([C@@H](NC[C@H]2CCCCO2)c2ccncc2)cc1. The van der Waals surface area contributed by atoms with Crippen LogP contribution in [0.4, 0.5) is 0 Å². The van der Waals surface area contributed by atoms with E-state index >= 15 is 0 Å². The van der Waals surface area contributed by atoms with Crippen molar-refractivity contribution in [1.29, 1.82) is 0 Å². The van der Waals surface area contributed by atoms with Gasteiger partial charge in [0.15, 0.2) is 0 Å². The van der Waals surface area contributed by atoms with E-state index < -0.39 is 0 Å². The van der Waals surface area contributed by atoms with Gasteiger partial charge in [0.05, 0.1) is 12.1 Å². The highest BCUT2D eigenvalue weighted by Crippen LogP contribution is 2.22. The number of nitrogens with one attached hydrogen (secondary N) is 1. The molecular formula is C18H22N2O. The van der Waals surface area contributed by atoms with E-state index in [-0.39, 0.29) is 6.04 Å². The Hall–Kier alpha value is -1.71. The first-order valence-electron chi connectivity index (χ1n) is 7.73. The summed E-state index contributed by atoms with van der Waals surface area (Å²) >= 11 is 0. The molecule has 2 aromatic rings. The molecule has 21 heavy (non-hydrogen) atoms. The molecule has 0 unspecified atom stereocenters. The molecule has 0 radical (unpaired) electrons. The van der Waals surface area contributed by atoms with Gasteiger partial charge in [0, 0.05) is 25.5 Å². The average Bonchev–Trinajstić information content (AvgIpc) is 2.58. The van der Waals surface area contributed by atoms with E-state index in [4.69, 9.17) is 4.74 Å². The van der Waals surface area contributed by atoms with Gasteiger partial charge < -0.3 is 10.1 Å². The Kier molecular flexibility index (Phi) is 4.98. The lowest BCUT2D eigenvalue weighted by Gasteiger charge is -2.26. The molecule has 1 fully saturated rings. The minimum absolute atomic E-state index is 0.194. The molecule has 0 aliphatic carbocycles. The highest BCUT2D eigenvalue weighted by atomic mass is 16.5. The fourth-order valence-electron chi connectivity index (χ4n) is 2.85. The maximum atomic E-state index is 5.83. The van der Waals surface area contributed by atoms with E-state index in [0.29, 0.717) is 6.10 Å². The van der Waals surface area contributed by atoms with Crippen LogP contribution in [0.15, 0.2) is 54.9 Å². The molecular weight excluding hydrogens is 260 g/mol. The zero-order valence-electron chi connectivity index (χ0n) is 12.2. The molecule has 1 aliphatic rings. The Morgan fingerprint density at radius 3 is 2.52 bits per heavy atom. The van der Waals surface area contributed by atoms with Gasteiger partial charge in [0.1, 0.15) is 0 Å². The normalized spacial score (nSPS) is 20.1. The maximum absolute atomic E-state index is 5.83. The van der Waals surface area contributed by atoms with Gasteiger partial charge in [0.25, 0.3) is 0 Å². The van der Waals surface area contributed by atoms with Crippen molar-refractivity contribution in [1.82, 2.24) is 10.3 Å². The number of hydrogen-bond donors (Lipinski definition) is 1. The molecule has 2 atom stereocenters. The van der Waals surface area contributed by atoms with Crippen molar-refractivity contribution in [2.75, 3.05) is 13.2 Å². The van der Waals surface area contributed by atoms with Crippen molar-refractivity contribution in [3.63, 3.8) is 0 Å². The summed E-state index contributed by atoms with van der Waals surface area (Å²) in [6, 6.07) is 14.9. The Balaban J connectivity index is 1.73. The third-order valence-electron chi connectivity index (χ3n) is 4.00. The predicted octanol–water partition coefficient (Wildman–Crippen LogP) is 3.33. The minimum atomic E-state index is 0.194. The number of aromatic nitrogens is 1. The van der Waals surface area contributed by atoms with Crippen LogP contribution in [-0.2, 0) is 4.74 Å². The van der Waals surface area contributed by atoms with Gasteiger partial charge in [0.2, 0.25) is 0 Å². The Bertz CT molecular complexity index is 484. The fraction of sp³-hybridized carbons (Fsp3) is 0.389. The largest absolute Gasteiger partial charge is 0.377 e. The van der Waals surface area contributed by atoms with Gasteiger partial charge in [-0.2, -0.15) is 0 Å². The summed E-state index contributed by atoms with van der Waals surface area (Å²) in [6.07, 6.45) is 7.67. The van der Waals surface area contributed by atoms with Crippen LogP contribution in [0.1, 0.15) is 36.4 Å². The molecule has 3 heteroatoms. The van der Waals surface area contributed by atoms with Gasteiger partial charge in [-0.3, -0.25) is 4.98 Å². The second-order valence-corrected chi connectivity index (χ2v) is 5.52. The van der Waals surface area contributed by atoms with Gasteiger partial charge >= 0.3 is 0 Å². The maximum Gasteiger partial charge on any atom is 0.0699 e. The predicted molar refractivity (Wildman–Crippen MR) is 84.1 cm³/mol. The number of hydrogen-bond acceptors (Lipinski definition) is 3. The van der Waals surface area contributed by atoms with E-state index in [9.17, 15) is 0 Å². The summed E-state index contributed by atoms with van der Waals surface area (Å²) in [5.74, 6) is 0. The lowest BCUT2D eigenvalue weighted by molar-refractivity contribution is 0.0159. The number of nitrogens with zero attached hydrogens (tertiary/aromatic N) is 1. The van der Waals surface area contributed by atoms with Crippen LogP contribution in [0.25, 0.3) is 0 Å². The van der Waals surface area contributed by atoms with Crippen LogP contribution in [-0.4, -0.2) is 24.2 Å². The van der Waals surface area contributed by atoms with Crippen LogP contribution >= 0.6 is 0 Å². The lowest BCUT2D eigenvalue weighted by atomic mass is 9.99. The molecule has 3 nitrogen and oxygen atoms in total.